The van der Waals surface area contributed by atoms with E-state index in [0.29, 0.717) is 12.6 Å². The Labute approximate surface area is 113 Å². The molecule has 1 atom stereocenters. The first-order valence-electron chi connectivity index (χ1n) is 6.39. The highest BCUT2D eigenvalue weighted by molar-refractivity contribution is 7.12. The molecule has 1 fully saturated rings. The van der Waals surface area contributed by atoms with Gasteiger partial charge in [-0.3, -0.25) is 4.90 Å². The highest BCUT2D eigenvalue weighted by Crippen LogP contribution is 2.18. The minimum atomic E-state index is 0.337. The van der Waals surface area contributed by atoms with E-state index in [1.165, 1.54) is 4.88 Å². The van der Waals surface area contributed by atoms with Gasteiger partial charge in [0.15, 0.2) is 0 Å². The number of nitrogens with zero attached hydrogens (tertiary/aromatic N) is 1. The second kappa shape index (κ2) is 6.91. The van der Waals surface area contributed by atoms with Crippen LogP contribution in [0.25, 0.3) is 0 Å². The number of thiophene rings is 1. The summed E-state index contributed by atoms with van der Waals surface area (Å²) in [6.07, 6.45) is 1.46. The Kier molecular flexibility index (Phi) is 5.21. The summed E-state index contributed by atoms with van der Waals surface area (Å²) in [7, 11) is 0. The Morgan fingerprint density at radius 1 is 1.56 bits per heavy atom. The zero-order valence-electron chi connectivity index (χ0n) is 10.8. The summed E-state index contributed by atoms with van der Waals surface area (Å²) in [5.41, 5.74) is 5.37. The molecule has 1 saturated heterocycles. The normalized spacial score (nSPS) is 21.1. The lowest BCUT2D eigenvalue weighted by atomic mass is 10.3. The van der Waals surface area contributed by atoms with Crippen LogP contribution in [0.15, 0.2) is 12.1 Å². The molecule has 98 valence electrons. The quantitative estimate of drug-likeness (QED) is 0.826. The Balaban J connectivity index is 1.93. The summed E-state index contributed by atoms with van der Waals surface area (Å²) in [5, 5.41) is 0. The SMILES string of the molecule is CC1CN(Cc2ccc(C#CCN)s2)CCCO1. The third-order valence-electron chi connectivity index (χ3n) is 2.89. The molecule has 0 bridgehead atoms. The minimum absolute atomic E-state index is 0.337. The first-order chi connectivity index (χ1) is 8.78. The van der Waals surface area contributed by atoms with Gasteiger partial charge in [0, 0.05) is 31.1 Å². The fourth-order valence-corrected chi connectivity index (χ4v) is 3.04. The smallest absolute Gasteiger partial charge is 0.0772 e. The zero-order chi connectivity index (χ0) is 12.8. The van der Waals surface area contributed by atoms with E-state index >= 15 is 0 Å². The largest absolute Gasteiger partial charge is 0.377 e. The molecule has 3 nitrogen and oxygen atoms in total. The maximum Gasteiger partial charge on any atom is 0.0772 e. The lowest BCUT2D eigenvalue weighted by Gasteiger charge is -2.20. The number of rotatable bonds is 2. The van der Waals surface area contributed by atoms with Crippen molar-refractivity contribution in [2.75, 3.05) is 26.2 Å². The first-order valence-corrected chi connectivity index (χ1v) is 7.21. The number of nitrogens with two attached hydrogens (primary N) is 1. The molecule has 1 aliphatic heterocycles. The van der Waals surface area contributed by atoms with E-state index in [4.69, 9.17) is 10.5 Å². The van der Waals surface area contributed by atoms with Gasteiger partial charge < -0.3 is 10.5 Å². The van der Waals surface area contributed by atoms with E-state index < -0.39 is 0 Å². The summed E-state index contributed by atoms with van der Waals surface area (Å²) in [5.74, 6) is 5.98. The topological polar surface area (TPSA) is 38.5 Å². The van der Waals surface area contributed by atoms with Gasteiger partial charge in [-0.2, -0.15) is 0 Å². The average molecular weight is 264 g/mol. The second-order valence-electron chi connectivity index (χ2n) is 4.54. The van der Waals surface area contributed by atoms with Crippen LogP contribution in [0.2, 0.25) is 0 Å². The standard InChI is InChI=1S/C14H20N2OS/c1-12-10-16(8-3-9-17-12)11-14-6-5-13(18-14)4-2-7-15/h5-6,12H,3,7-11,15H2,1H3. The fourth-order valence-electron chi connectivity index (χ4n) is 2.11. The Bertz CT molecular complexity index is 432. The van der Waals surface area contributed by atoms with Gasteiger partial charge in [-0.1, -0.05) is 11.8 Å². The van der Waals surface area contributed by atoms with Crippen molar-refractivity contribution in [1.29, 1.82) is 0 Å². The van der Waals surface area contributed by atoms with Gasteiger partial charge in [0.05, 0.1) is 17.5 Å². The van der Waals surface area contributed by atoms with Crippen molar-refractivity contribution in [3.05, 3.63) is 21.9 Å². The lowest BCUT2D eigenvalue weighted by molar-refractivity contribution is 0.0669. The van der Waals surface area contributed by atoms with E-state index in [0.717, 1.165) is 37.5 Å². The molecule has 1 unspecified atom stereocenters. The molecule has 18 heavy (non-hydrogen) atoms. The minimum Gasteiger partial charge on any atom is -0.377 e. The molecule has 2 rings (SSSR count). The van der Waals surface area contributed by atoms with E-state index in [9.17, 15) is 0 Å². The van der Waals surface area contributed by atoms with Gasteiger partial charge >= 0.3 is 0 Å². The third kappa shape index (κ3) is 4.11. The van der Waals surface area contributed by atoms with Crippen LogP contribution < -0.4 is 5.73 Å². The van der Waals surface area contributed by atoms with Crippen molar-refractivity contribution in [2.45, 2.75) is 26.0 Å². The molecule has 1 aromatic heterocycles. The number of ether oxygens (including phenoxy) is 1. The molecule has 0 saturated carbocycles. The number of hydrogen-bond donors (Lipinski definition) is 1. The van der Waals surface area contributed by atoms with Gasteiger partial charge in [0.2, 0.25) is 0 Å². The van der Waals surface area contributed by atoms with Crippen molar-refractivity contribution in [1.82, 2.24) is 4.90 Å². The van der Waals surface area contributed by atoms with Gasteiger partial charge in [-0.05, 0) is 25.5 Å². The van der Waals surface area contributed by atoms with Crippen molar-refractivity contribution in [3.8, 4) is 11.8 Å². The van der Waals surface area contributed by atoms with Gasteiger partial charge in [-0.25, -0.2) is 0 Å². The molecular weight excluding hydrogens is 244 g/mol. The molecule has 0 spiro atoms. The first kappa shape index (κ1) is 13.6. The van der Waals surface area contributed by atoms with Crippen molar-refractivity contribution < 1.29 is 4.74 Å². The Morgan fingerprint density at radius 3 is 3.28 bits per heavy atom. The maximum absolute atomic E-state index is 5.65. The highest BCUT2D eigenvalue weighted by atomic mass is 32.1. The van der Waals surface area contributed by atoms with E-state index in [2.05, 4.69) is 35.8 Å². The fraction of sp³-hybridized carbons (Fsp3) is 0.571. The summed E-state index contributed by atoms with van der Waals surface area (Å²) in [6.45, 7) is 6.59. The van der Waals surface area contributed by atoms with E-state index in [-0.39, 0.29) is 0 Å². The molecule has 1 aromatic rings. The van der Waals surface area contributed by atoms with Crippen LogP contribution in [0.4, 0.5) is 0 Å². The summed E-state index contributed by atoms with van der Waals surface area (Å²) in [6, 6.07) is 4.25. The van der Waals surface area contributed by atoms with Crippen LogP contribution in [-0.4, -0.2) is 37.2 Å². The van der Waals surface area contributed by atoms with Crippen molar-refractivity contribution in [3.63, 3.8) is 0 Å². The zero-order valence-corrected chi connectivity index (χ0v) is 11.6. The molecule has 0 radical (unpaired) electrons. The third-order valence-corrected chi connectivity index (χ3v) is 3.88. The van der Waals surface area contributed by atoms with Crippen molar-refractivity contribution >= 4 is 11.3 Å². The predicted molar refractivity (Wildman–Crippen MR) is 75.6 cm³/mol. The molecule has 4 heteroatoms. The molecule has 0 amide bonds. The highest BCUT2D eigenvalue weighted by Gasteiger charge is 2.15. The molecule has 0 aliphatic carbocycles. The van der Waals surface area contributed by atoms with Crippen LogP contribution in [0.3, 0.4) is 0 Å². The molecule has 2 heterocycles. The van der Waals surface area contributed by atoms with Crippen LogP contribution in [-0.2, 0) is 11.3 Å². The molecule has 2 N–H and O–H groups in total. The Morgan fingerprint density at radius 2 is 2.44 bits per heavy atom. The van der Waals surface area contributed by atoms with Gasteiger partial charge in [-0.15, -0.1) is 11.3 Å². The monoisotopic (exact) mass is 264 g/mol. The number of hydrogen-bond acceptors (Lipinski definition) is 4. The Hall–Kier alpha value is -0.860. The molecule has 1 aliphatic rings. The van der Waals surface area contributed by atoms with Crippen LogP contribution >= 0.6 is 11.3 Å². The van der Waals surface area contributed by atoms with E-state index in [1.54, 1.807) is 11.3 Å². The maximum atomic E-state index is 5.65. The molecular formula is C14H20N2OS. The summed E-state index contributed by atoms with van der Waals surface area (Å²) >= 11 is 1.76. The van der Waals surface area contributed by atoms with Crippen LogP contribution in [0.1, 0.15) is 23.1 Å². The van der Waals surface area contributed by atoms with Gasteiger partial charge in [0.25, 0.3) is 0 Å². The predicted octanol–water partition coefficient (Wildman–Crippen LogP) is 1.67. The second-order valence-corrected chi connectivity index (χ2v) is 5.71. The summed E-state index contributed by atoms with van der Waals surface area (Å²) < 4.78 is 5.65. The summed E-state index contributed by atoms with van der Waals surface area (Å²) in [4.78, 5) is 4.93. The van der Waals surface area contributed by atoms with Gasteiger partial charge in [0.1, 0.15) is 0 Å². The van der Waals surface area contributed by atoms with E-state index in [1.807, 2.05) is 0 Å². The lowest BCUT2D eigenvalue weighted by Crippen LogP contribution is -2.29. The van der Waals surface area contributed by atoms with Crippen LogP contribution in [0, 0.1) is 11.8 Å². The van der Waals surface area contributed by atoms with Crippen LogP contribution in [0.5, 0.6) is 0 Å². The average Bonchev–Trinajstić information content (AvgIpc) is 2.69. The molecule has 0 aromatic carbocycles. The van der Waals surface area contributed by atoms with Crippen molar-refractivity contribution in [2.24, 2.45) is 5.73 Å².